The monoisotopic (exact) mass is 363 g/mol. The van der Waals surface area contributed by atoms with Crippen LogP contribution in [0.4, 0.5) is 5.13 Å². The minimum absolute atomic E-state index is 0.866. The lowest BCUT2D eigenvalue weighted by atomic mass is 10.0. The van der Waals surface area contributed by atoms with Crippen molar-refractivity contribution in [2.45, 2.75) is 19.3 Å². The zero-order valence-electron chi connectivity index (χ0n) is 14.7. The number of nitrogens with one attached hydrogen (secondary N) is 1. The minimum atomic E-state index is 0.866. The first-order chi connectivity index (χ1) is 12.8. The molecule has 0 radical (unpaired) electrons. The van der Waals surface area contributed by atoms with Crippen molar-refractivity contribution in [3.63, 3.8) is 0 Å². The van der Waals surface area contributed by atoms with E-state index in [0.717, 1.165) is 46.5 Å². The van der Waals surface area contributed by atoms with Gasteiger partial charge in [0.05, 0.1) is 12.8 Å². The van der Waals surface area contributed by atoms with Crippen molar-refractivity contribution >= 4 is 22.3 Å². The van der Waals surface area contributed by atoms with Crippen LogP contribution in [0.2, 0.25) is 0 Å². The molecule has 0 bridgehead atoms. The Morgan fingerprint density at radius 3 is 2.62 bits per heavy atom. The fourth-order valence-corrected chi connectivity index (χ4v) is 3.77. The highest BCUT2D eigenvalue weighted by Gasteiger charge is 2.10. The van der Waals surface area contributed by atoms with Crippen LogP contribution in [0.25, 0.3) is 22.4 Å². The van der Waals surface area contributed by atoms with Gasteiger partial charge in [0.15, 0.2) is 5.13 Å². The summed E-state index contributed by atoms with van der Waals surface area (Å²) < 4.78 is 5.24. The number of aliphatic imine (C=N–C) groups is 1. The normalized spacial score (nSPS) is 14.0. The first-order valence-corrected chi connectivity index (χ1v) is 9.70. The number of ether oxygens (including phenoxy) is 1. The molecule has 5 heteroatoms. The highest BCUT2D eigenvalue weighted by Crippen LogP contribution is 2.30. The second kappa shape index (κ2) is 7.70. The van der Waals surface area contributed by atoms with Crippen molar-refractivity contribution in [1.29, 1.82) is 0 Å². The van der Waals surface area contributed by atoms with Gasteiger partial charge in [-0.15, -0.1) is 11.3 Å². The maximum Gasteiger partial charge on any atom is 0.188 e. The predicted octanol–water partition coefficient (Wildman–Crippen LogP) is 5.48. The van der Waals surface area contributed by atoms with Gasteiger partial charge in [-0.3, -0.25) is 4.99 Å². The SMILES string of the molecule is COc1ccc(-c2cccc(-c3csc(NC4=NCCCC4)n3)c2)cc1. The summed E-state index contributed by atoms with van der Waals surface area (Å²) in [4.78, 5) is 9.28. The predicted molar refractivity (Wildman–Crippen MR) is 109 cm³/mol. The second-order valence-electron chi connectivity index (χ2n) is 6.26. The van der Waals surface area contributed by atoms with Crippen LogP contribution in [0.5, 0.6) is 5.75 Å². The standard InChI is InChI=1S/C21H21N3OS/c1-25-18-10-8-15(9-11-18)16-5-4-6-17(13-16)19-14-26-21(23-19)24-20-7-2-3-12-22-20/h4-6,8-11,13-14H,2-3,7,12H2,1H3,(H,22,23,24). The van der Waals surface area contributed by atoms with Gasteiger partial charge in [-0.1, -0.05) is 30.3 Å². The molecule has 0 spiro atoms. The average molecular weight is 363 g/mol. The number of rotatable bonds is 4. The Kier molecular flexibility index (Phi) is 4.97. The van der Waals surface area contributed by atoms with Crippen LogP contribution in [0.1, 0.15) is 19.3 Å². The van der Waals surface area contributed by atoms with E-state index < -0.39 is 0 Å². The number of anilines is 1. The maximum atomic E-state index is 5.24. The molecule has 0 saturated heterocycles. The summed E-state index contributed by atoms with van der Waals surface area (Å²) in [6.45, 7) is 0.921. The first kappa shape index (κ1) is 16.8. The van der Waals surface area contributed by atoms with E-state index in [1.807, 2.05) is 12.1 Å². The molecule has 1 N–H and O–H groups in total. The Morgan fingerprint density at radius 2 is 1.85 bits per heavy atom. The molecule has 1 aliphatic heterocycles. The number of hydrogen-bond donors (Lipinski definition) is 1. The summed E-state index contributed by atoms with van der Waals surface area (Å²) in [5.74, 6) is 1.93. The molecule has 0 fully saturated rings. The number of aromatic nitrogens is 1. The first-order valence-electron chi connectivity index (χ1n) is 8.82. The van der Waals surface area contributed by atoms with Crippen LogP contribution >= 0.6 is 11.3 Å². The van der Waals surface area contributed by atoms with Gasteiger partial charge in [0.2, 0.25) is 0 Å². The van der Waals surface area contributed by atoms with Crippen LogP contribution in [0, 0.1) is 0 Å². The van der Waals surface area contributed by atoms with E-state index in [0.29, 0.717) is 0 Å². The third kappa shape index (κ3) is 3.78. The number of nitrogens with zero attached hydrogens (tertiary/aromatic N) is 2. The molecular formula is C21H21N3OS. The molecule has 1 aliphatic rings. The van der Waals surface area contributed by atoms with Gasteiger partial charge in [-0.05, 0) is 42.2 Å². The molecule has 0 aliphatic carbocycles. The summed E-state index contributed by atoms with van der Waals surface area (Å²) in [7, 11) is 1.68. The van der Waals surface area contributed by atoms with Crippen molar-refractivity contribution in [2.24, 2.45) is 4.99 Å². The minimum Gasteiger partial charge on any atom is -0.497 e. The quantitative estimate of drug-likeness (QED) is 0.667. The Balaban J connectivity index is 1.55. The number of amidine groups is 1. The molecule has 4 rings (SSSR count). The van der Waals surface area contributed by atoms with E-state index in [1.54, 1.807) is 18.4 Å². The molecule has 0 saturated carbocycles. The molecule has 1 aromatic heterocycles. The van der Waals surface area contributed by atoms with Gasteiger partial charge in [0, 0.05) is 23.9 Å². The summed E-state index contributed by atoms with van der Waals surface area (Å²) in [6.07, 6.45) is 3.41. The van der Waals surface area contributed by atoms with E-state index >= 15 is 0 Å². The van der Waals surface area contributed by atoms with Gasteiger partial charge in [-0.2, -0.15) is 0 Å². The number of methoxy groups -OCH3 is 1. The zero-order chi connectivity index (χ0) is 17.8. The number of benzene rings is 2. The number of thiazole rings is 1. The fourth-order valence-electron chi connectivity index (χ4n) is 3.03. The highest BCUT2D eigenvalue weighted by molar-refractivity contribution is 7.14. The Morgan fingerprint density at radius 1 is 1.00 bits per heavy atom. The smallest absolute Gasteiger partial charge is 0.188 e. The summed E-state index contributed by atoms with van der Waals surface area (Å²) in [6, 6.07) is 16.6. The second-order valence-corrected chi connectivity index (χ2v) is 7.12. The van der Waals surface area contributed by atoms with Crippen molar-refractivity contribution in [3.8, 4) is 28.1 Å². The number of hydrogen-bond acceptors (Lipinski definition) is 5. The van der Waals surface area contributed by atoms with E-state index in [4.69, 9.17) is 9.72 Å². The molecule has 0 amide bonds. The highest BCUT2D eigenvalue weighted by atomic mass is 32.1. The lowest BCUT2D eigenvalue weighted by molar-refractivity contribution is 0.415. The molecule has 132 valence electrons. The van der Waals surface area contributed by atoms with Crippen molar-refractivity contribution < 1.29 is 4.74 Å². The zero-order valence-corrected chi connectivity index (χ0v) is 15.6. The van der Waals surface area contributed by atoms with E-state index in [-0.39, 0.29) is 0 Å². The molecule has 4 nitrogen and oxygen atoms in total. The van der Waals surface area contributed by atoms with Gasteiger partial charge in [0.25, 0.3) is 0 Å². The molecular weight excluding hydrogens is 342 g/mol. The topological polar surface area (TPSA) is 46.5 Å². The molecule has 26 heavy (non-hydrogen) atoms. The van der Waals surface area contributed by atoms with Gasteiger partial charge in [0.1, 0.15) is 11.6 Å². The summed E-state index contributed by atoms with van der Waals surface area (Å²) in [5.41, 5.74) is 4.44. The maximum absolute atomic E-state index is 5.24. The van der Waals surface area contributed by atoms with Crippen LogP contribution in [0.3, 0.4) is 0 Å². The molecule has 2 aromatic carbocycles. The summed E-state index contributed by atoms with van der Waals surface area (Å²) in [5, 5.41) is 6.38. The third-order valence-electron chi connectivity index (χ3n) is 4.46. The molecule has 2 heterocycles. The Bertz CT molecular complexity index is 915. The van der Waals surface area contributed by atoms with Crippen molar-refractivity contribution in [3.05, 3.63) is 53.9 Å². The van der Waals surface area contributed by atoms with Crippen LogP contribution in [-0.4, -0.2) is 24.5 Å². The lowest BCUT2D eigenvalue weighted by Gasteiger charge is -2.11. The van der Waals surface area contributed by atoms with Gasteiger partial charge < -0.3 is 10.1 Å². The fraction of sp³-hybridized carbons (Fsp3) is 0.238. The van der Waals surface area contributed by atoms with E-state index in [1.165, 1.54) is 18.4 Å². The molecule has 3 aromatic rings. The largest absolute Gasteiger partial charge is 0.497 e. The third-order valence-corrected chi connectivity index (χ3v) is 5.22. The van der Waals surface area contributed by atoms with Crippen molar-refractivity contribution in [2.75, 3.05) is 19.0 Å². The van der Waals surface area contributed by atoms with Gasteiger partial charge in [-0.25, -0.2) is 4.98 Å². The lowest BCUT2D eigenvalue weighted by Crippen LogP contribution is -2.15. The van der Waals surface area contributed by atoms with Crippen LogP contribution in [0.15, 0.2) is 58.9 Å². The summed E-state index contributed by atoms with van der Waals surface area (Å²) >= 11 is 1.63. The Labute approximate surface area is 157 Å². The molecule has 0 atom stereocenters. The van der Waals surface area contributed by atoms with Crippen LogP contribution in [-0.2, 0) is 0 Å². The van der Waals surface area contributed by atoms with Crippen molar-refractivity contribution in [1.82, 2.24) is 4.98 Å². The van der Waals surface area contributed by atoms with Gasteiger partial charge >= 0.3 is 0 Å². The molecule has 0 unspecified atom stereocenters. The Hall–Kier alpha value is -2.66. The average Bonchev–Trinajstić information content (AvgIpc) is 3.17. The van der Waals surface area contributed by atoms with Crippen LogP contribution < -0.4 is 10.1 Å². The van der Waals surface area contributed by atoms with E-state index in [2.05, 4.69) is 52.1 Å². The van der Waals surface area contributed by atoms with E-state index in [9.17, 15) is 0 Å².